The zero-order chi connectivity index (χ0) is 22.8. The number of likely N-dealkylation sites (tertiary alicyclic amines) is 1. The summed E-state index contributed by atoms with van der Waals surface area (Å²) in [5.74, 6) is 0.152. The molecule has 2 aliphatic heterocycles. The van der Waals surface area contributed by atoms with E-state index in [1.165, 1.54) is 0 Å². The summed E-state index contributed by atoms with van der Waals surface area (Å²) < 4.78 is 0. The minimum absolute atomic E-state index is 0.0260. The highest BCUT2D eigenvalue weighted by Crippen LogP contribution is 2.57. The van der Waals surface area contributed by atoms with E-state index in [-0.39, 0.29) is 18.0 Å². The maximum absolute atomic E-state index is 13.5. The Kier molecular flexibility index (Phi) is 5.81. The number of anilines is 1. The highest BCUT2D eigenvalue weighted by Gasteiger charge is 2.62. The zero-order valence-corrected chi connectivity index (χ0v) is 19.0. The second-order valence-electron chi connectivity index (χ2n) is 8.72. The smallest absolute Gasteiger partial charge is 0.317 e. The Morgan fingerprint density at radius 1 is 0.909 bits per heavy atom. The van der Waals surface area contributed by atoms with Crippen molar-refractivity contribution in [1.29, 1.82) is 0 Å². The molecular formula is C27H26ClN3O2. The average Bonchev–Trinajstić information content (AvgIpc) is 2.87. The topological polar surface area (TPSA) is 52.7 Å². The minimum Gasteiger partial charge on any atom is -0.334 e. The van der Waals surface area contributed by atoms with Crippen molar-refractivity contribution in [2.45, 2.75) is 25.4 Å². The Bertz CT molecular complexity index is 1140. The molecule has 1 spiro atoms. The summed E-state index contributed by atoms with van der Waals surface area (Å²) in [6.07, 6.45) is 1.29. The van der Waals surface area contributed by atoms with E-state index in [9.17, 15) is 9.59 Å². The first-order chi connectivity index (χ1) is 16.1. The molecule has 2 aliphatic rings. The van der Waals surface area contributed by atoms with Crippen LogP contribution in [-0.2, 0) is 11.3 Å². The van der Waals surface area contributed by atoms with Crippen LogP contribution in [0.5, 0.6) is 0 Å². The predicted molar refractivity (Wildman–Crippen MR) is 130 cm³/mol. The van der Waals surface area contributed by atoms with Crippen LogP contribution in [0.25, 0.3) is 0 Å². The molecule has 2 fully saturated rings. The summed E-state index contributed by atoms with van der Waals surface area (Å²) in [5, 5.41) is 3.61. The molecule has 0 saturated carbocycles. The number of carbonyl (C=O) groups is 2. The Labute approximate surface area is 199 Å². The minimum atomic E-state index is -0.475. The Morgan fingerprint density at radius 3 is 2.18 bits per heavy atom. The largest absolute Gasteiger partial charge is 0.334 e. The van der Waals surface area contributed by atoms with E-state index in [4.69, 9.17) is 11.6 Å². The van der Waals surface area contributed by atoms with Gasteiger partial charge in [0.25, 0.3) is 0 Å². The lowest BCUT2D eigenvalue weighted by Gasteiger charge is -2.59. The number of hydrogen-bond acceptors (Lipinski definition) is 2. The van der Waals surface area contributed by atoms with Gasteiger partial charge >= 0.3 is 6.03 Å². The number of para-hydroxylation sites is 1. The number of nitrogens with zero attached hydrogens (tertiary/aromatic N) is 2. The summed E-state index contributed by atoms with van der Waals surface area (Å²) in [7, 11) is 0. The summed E-state index contributed by atoms with van der Waals surface area (Å²) >= 11 is 6.20. The van der Waals surface area contributed by atoms with Crippen LogP contribution in [0, 0.1) is 5.41 Å². The van der Waals surface area contributed by atoms with E-state index in [2.05, 4.69) is 17.4 Å². The zero-order valence-electron chi connectivity index (χ0n) is 18.3. The Hall–Kier alpha value is -3.31. The van der Waals surface area contributed by atoms with Gasteiger partial charge in [0, 0.05) is 30.3 Å². The number of benzene rings is 3. The highest BCUT2D eigenvalue weighted by molar-refractivity contribution is 6.31. The van der Waals surface area contributed by atoms with E-state index < -0.39 is 5.41 Å². The fourth-order valence-electron chi connectivity index (χ4n) is 5.13. The van der Waals surface area contributed by atoms with Crippen LogP contribution in [0.4, 0.5) is 10.5 Å². The van der Waals surface area contributed by atoms with E-state index in [0.717, 1.165) is 16.8 Å². The number of hydrogen-bond donors (Lipinski definition) is 1. The van der Waals surface area contributed by atoms with Crippen molar-refractivity contribution in [3.8, 4) is 0 Å². The van der Waals surface area contributed by atoms with Crippen molar-refractivity contribution < 1.29 is 9.59 Å². The summed E-state index contributed by atoms with van der Waals surface area (Å²) in [6, 6.07) is 27.4. The van der Waals surface area contributed by atoms with Gasteiger partial charge in [-0.2, -0.15) is 0 Å². The molecule has 0 radical (unpaired) electrons. The normalized spacial score (nSPS) is 19.3. The molecule has 0 aliphatic carbocycles. The molecule has 1 atom stereocenters. The maximum Gasteiger partial charge on any atom is 0.317 e. The van der Waals surface area contributed by atoms with Gasteiger partial charge in [-0.25, -0.2) is 4.79 Å². The van der Waals surface area contributed by atoms with Gasteiger partial charge in [-0.1, -0.05) is 78.3 Å². The molecule has 0 bridgehead atoms. The van der Waals surface area contributed by atoms with E-state index in [0.29, 0.717) is 37.5 Å². The predicted octanol–water partition coefficient (Wildman–Crippen LogP) is 5.42. The van der Waals surface area contributed by atoms with Crippen LogP contribution < -0.4 is 10.2 Å². The van der Waals surface area contributed by atoms with Crippen LogP contribution in [0.2, 0.25) is 5.02 Å². The molecule has 1 N–H and O–H groups in total. The van der Waals surface area contributed by atoms with Gasteiger partial charge in [-0.05, 0) is 42.2 Å². The van der Waals surface area contributed by atoms with Crippen molar-refractivity contribution in [3.63, 3.8) is 0 Å². The third-order valence-corrected chi connectivity index (χ3v) is 7.28. The third kappa shape index (κ3) is 3.87. The lowest BCUT2D eigenvalue weighted by Crippen LogP contribution is -2.67. The van der Waals surface area contributed by atoms with Crippen LogP contribution in [0.15, 0.2) is 84.9 Å². The van der Waals surface area contributed by atoms with Crippen molar-refractivity contribution in [2.75, 3.05) is 18.0 Å². The average molecular weight is 460 g/mol. The molecule has 5 nitrogen and oxygen atoms in total. The SMILES string of the molecule is O=C(NCc1ccccc1Cl)N1CCC2(CC1)C(=O)N(c1ccccc1)C2c1ccccc1. The Morgan fingerprint density at radius 2 is 1.52 bits per heavy atom. The second-order valence-corrected chi connectivity index (χ2v) is 9.12. The van der Waals surface area contributed by atoms with Gasteiger partial charge < -0.3 is 15.1 Å². The number of urea groups is 1. The number of amides is 3. The number of piperidine rings is 1. The van der Waals surface area contributed by atoms with Gasteiger partial charge in [-0.15, -0.1) is 0 Å². The van der Waals surface area contributed by atoms with Gasteiger partial charge in [0.05, 0.1) is 11.5 Å². The number of rotatable bonds is 4. The number of nitrogens with one attached hydrogen (secondary N) is 1. The lowest BCUT2D eigenvalue weighted by atomic mass is 9.62. The standard InChI is InChI=1S/C27H26ClN3O2/c28-23-14-8-7-11-21(23)19-29-26(33)30-17-15-27(16-18-30)24(20-9-3-1-4-10-20)31(25(27)32)22-12-5-2-6-13-22/h1-14,24H,15-19H2,(H,29,33). The molecule has 168 valence electrons. The van der Waals surface area contributed by atoms with Crippen molar-refractivity contribution in [2.24, 2.45) is 5.41 Å². The third-order valence-electron chi connectivity index (χ3n) is 6.91. The first-order valence-electron chi connectivity index (χ1n) is 11.3. The molecule has 2 saturated heterocycles. The molecule has 33 heavy (non-hydrogen) atoms. The van der Waals surface area contributed by atoms with E-state index in [1.54, 1.807) is 0 Å². The van der Waals surface area contributed by atoms with Gasteiger partial charge in [-0.3, -0.25) is 4.79 Å². The van der Waals surface area contributed by atoms with Gasteiger partial charge in [0.1, 0.15) is 0 Å². The van der Waals surface area contributed by atoms with Crippen LogP contribution in [0.3, 0.4) is 0 Å². The molecule has 0 aromatic heterocycles. The van der Waals surface area contributed by atoms with Crippen molar-refractivity contribution in [1.82, 2.24) is 10.2 Å². The Balaban J connectivity index is 1.31. The number of β-lactam (4-membered cyclic amide) rings is 1. The fourth-order valence-corrected chi connectivity index (χ4v) is 5.34. The van der Waals surface area contributed by atoms with Crippen molar-refractivity contribution in [3.05, 3.63) is 101 Å². The van der Waals surface area contributed by atoms with E-state index in [1.807, 2.05) is 82.6 Å². The monoisotopic (exact) mass is 459 g/mol. The highest BCUT2D eigenvalue weighted by atomic mass is 35.5. The summed E-state index contributed by atoms with van der Waals surface area (Å²) in [6.45, 7) is 1.48. The summed E-state index contributed by atoms with van der Waals surface area (Å²) in [4.78, 5) is 30.1. The molecule has 1 unspecified atom stereocenters. The molecule has 3 aromatic rings. The van der Waals surface area contributed by atoms with Gasteiger partial charge in [0.15, 0.2) is 0 Å². The second kappa shape index (κ2) is 8.91. The fraction of sp³-hybridized carbons (Fsp3) is 0.259. The van der Waals surface area contributed by atoms with E-state index >= 15 is 0 Å². The lowest BCUT2D eigenvalue weighted by molar-refractivity contribution is -0.144. The molecule has 5 rings (SSSR count). The van der Waals surface area contributed by atoms with Gasteiger partial charge in [0.2, 0.25) is 5.91 Å². The van der Waals surface area contributed by atoms with Crippen molar-refractivity contribution >= 4 is 29.2 Å². The van der Waals surface area contributed by atoms with Crippen LogP contribution in [-0.4, -0.2) is 29.9 Å². The number of carbonyl (C=O) groups excluding carboxylic acids is 2. The number of halogens is 1. The molecular weight excluding hydrogens is 434 g/mol. The molecule has 3 aromatic carbocycles. The maximum atomic E-state index is 13.5. The first-order valence-corrected chi connectivity index (χ1v) is 11.7. The molecule has 2 heterocycles. The first kappa shape index (κ1) is 21.5. The quantitative estimate of drug-likeness (QED) is 0.529. The summed E-state index contributed by atoms with van der Waals surface area (Å²) in [5.41, 5.74) is 2.47. The molecule has 3 amide bonds. The molecule has 6 heteroatoms. The van der Waals surface area contributed by atoms with Crippen LogP contribution >= 0.6 is 11.6 Å². The van der Waals surface area contributed by atoms with Crippen LogP contribution in [0.1, 0.15) is 30.0 Å².